The molecule has 1 atom stereocenters. The van der Waals surface area contributed by atoms with E-state index in [2.05, 4.69) is 10.6 Å². The van der Waals surface area contributed by atoms with E-state index in [1.807, 2.05) is 18.2 Å². The van der Waals surface area contributed by atoms with Gasteiger partial charge in [-0.25, -0.2) is 0 Å². The van der Waals surface area contributed by atoms with Crippen molar-refractivity contribution in [1.82, 2.24) is 10.6 Å². The van der Waals surface area contributed by atoms with Crippen molar-refractivity contribution in [3.05, 3.63) is 33.8 Å². The van der Waals surface area contributed by atoms with Crippen molar-refractivity contribution >= 4 is 29.1 Å². The van der Waals surface area contributed by atoms with Crippen LogP contribution in [0.3, 0.4) is 0 Å². The minimum atomic E-state index is -0.330. The average molecular weight is 339 g/mol. The van der Waals surface area contributed by atoms with Crippen molar-refractivity contribution in [3.8, 4) is 0 Å². The lowest BCUT2D eigenvalue weighted by Gasteiger charge is -2.25. The highest BCUT2D eigenvalue weighted by atomic mass is 35.5. The van der Waals surface area contributed by atoms with Gasteiger partial charge in [-0.1, -0.05) is 29.3 Å². The number of rotatable bonds is 3. The summed E-state index contributed by atoms with van der Waals surface area (Å²) in [5, 5.41) is 7.95. The van der Waals surface area contributed by atoms with Crippen LogP contribution < -0.4 is 10.6 Å². The molecule has 118 valence electrons. The zero-order chi connectivity index (χ0) is 15.4. The highest BCUT2D eigenvalue weighted by Gasteiger charge is 2.59. The van der Waals surface area contributed by atoms with Crippen LogP contribution in [0.15, 0.2) is 18.2 Å². The molecule has 0 aromatic heterocycles. The monoisotopic (exact) mass is 338 g/mol. The fourth-order valence-electron chi connectivity index (χ4n) is 4.04. The predicted octanol–water partition coefficient (Wildman–Crippen LogP) is 3.49. The number of benzene rings is 1. The maximum Gasteiger partial charge on any atom is 0.224 e. The molecule has 2 aliphatic carbocycles. The predicted molar refractivity (Wildman–Crippen MR) is 88.2 cm³/mol. The summed E-state index contributed by atoms with van der Waals surface area (Å²) >= 11 is 12.7. The Labute approximate surface area is 140 Å². The largest absolute Gasteiger partial charge is 0.346 e. The van der Waals surface area contributed by atoms with Gasteiger partial charge in [0.15, 0.2) is 0 Å². The molecule has 1 saturated heterocycles. The lowest BCUT2D eigenvalue weighted by Crippen LogP contribution is -2.39. The zero-order valence-electron chi connectivity index (χ0n) is 12.4. The van der Waals surface area contributed by atoms with Crippen molar-refractivity contribution in [1.29, 1.82) is 0 Å². The molecule has 1 aromatic carbocycles. The minimum Gasteiger partial charge on any atom is -0.346 e. The van der Waals surface area contributed by atoms with Crippen LogP contribution in [0.25, 0.3) is 0 Å². The first-order valence-corrected chi connectivity index (χ1v) is 8.79. The Morgan fingerprint density at radius 2 is 1.77 bits per heavy atom. The number of carbonyl (C=O) groups is 1. The summed E-state index contributed by atoms with van der Waals surface area (Å²) in [6, 6.07) is 5.54. The standard InChI is InChI=1S/C17H20Cl2N2O/c18-12-2-1-3-13(19)14(12)17(4-5-17)21-15(22)11-10-16(11)6-8-20-9-7-16/h1-3,11,20H,4-10H2,(H,21,22). The van der Waals surface area contributed by atoms with Crippen molar-refractivity contribution < 1.29 is 4.79 Å². The first-order chi connectivity index (χ1) is 10.6. The van der Waals surface area contributed by atoms with Crippen LogP contribution in [-0.4, -0.2) is 19.0 Å². The number of carbonyl (C=O) groups excluding carboxylic acids is 1. The second-order valence-electron chi connectivity index (χ2n) is 7.04. The Kier molecular flexibility index (Phi) is 3.44. The smallest absolute Gasteiger partial charge is 0.224 e. The molecule has 2 saturated carbocycles. The first kappa shape index (κ1) is 14.8. The molecule has 1 spiro atoms. The van der Waals surface area contributed by atoms with Crippen molar-refractivity contribution in [3.63, 3.8) is 0 Å². The van der Waals surface area contributed by atoms with E-state index in [0.717, 1.165) is 50.8 Å². The zero-order valence-corrected chi connectivity index (χ0v) is 13.9. The molecule has 1 aromatic rings. The quantitative estimate of drug-likeness (QED) is 0.885. The maximum absolute atomic E-state index is 12.7. The SMILES string of the molecule is O=C(NC1(c2c(Cl)cccc2Cl)CC1)C1CC12CCNCC2. The van der Waals surface area contributed by atoms with Gasteiger partial charge >= 0.3 is 0 Å². The molecular formula is C17H20Cl2N2O. The molecule has 1 heterocycles. The molecule has 1 amide bonds. The minimum absolute atomic E-state index is 0.174. The van der Waals surface area contributed by atoms with E-state index >= 15 is 0 Å². The molecule has 1 unspecified atom stereocenters. The summed E-state index contributed by atoms with van der Waals surface area (Å²) in [4.78, 5) is 12.7. The number of nitrogens with one attached hydrogen (secondary N) is 2. The molecular weight excluding hydrogens is 319 g/mol. The van der Waals surface area contributed by atoms with Gasteiger partial charge in [0, 0.05) is 21.5 Å². The summed E-state index contributed by atoms with van der Waals surface area (Å²) in [5.41, 5.74) is 0.825. The van der Waals surface area contributed by atoms with Gasteiger partial charge in [0.25, 0.3) is 0 Å². The molecule has 3 nitrogen and oxygen atoms in total. The molecule has 3 fully saturated rings. The van der Waals surface area contributed by atoms with E-state index < -0.39 is 0 Å². The molecule has 5 heteroatoms. The Morgan fingerprint density at radius 3 is 2.36 bits per heavy atom. The number of hydrogen-bond donors (Lipinski definition) is 2. The lowest BCUT2D eigenvalue weighted by atomic mass is 9.91. The van der Waals surface area contributed by atoms with E-state index in [4.69, 9.17) is 23.2 Å². The molecule has 0 radical (unpaired) electrons. The molecule has 22 heavy (non-hydrogen) atoms. The van der Waals surface area contributed by atoms with Crippen molar-refractivity contribution in [2.24, 2.45) is 11.3 Å². The summed E-state index contributed by atoms with van der Waals surface area (Å²) in [7, 11) is 0. The third-order valence-corrected chi connectivity index (χ3v) is 6.29. The van der Waals surface area contributed by atoms with Gasteiger partial charge in [-0.2, -0.15) is 0 Å². The van der Waals surface area contributed by atoms with Crippen LogP contribution >= 0.6 is 23.2 Å². The third kappa shape index (κ3) is 2.34. The third-order valence-electron chi connectivity index (χ3n) is 5.66. The summed E-state index contributed by atoms with van der Waals surface area (Å²) in [6.07, 6.45) is 5.11. The van der Waals surface area contributed by atoms with Crippen molar-refractivity contribution in [2.75, 3.05) is 13.1 Å². The molecule has 0 bridgehead atoms. The van der Waals surface area contributed by atoms with Gasteiger partial charge in [-0.05, 0) is 62.7 Å². The van der Waals surface area contributed by atoms with Crippen molar-refractivity contribution in [2.45, 2.75) is 37.6 Å². The van der Waals surface area contributed by atoms with Crippen LogP contribution in [0.4, 0.5) is 0 Å². The van der Waals surface area contributed by atoms with Crippen LogP contribution in [0, 0.1) is 11.3 Å². The van der Waals surface area contributed by atoms with E-state index in [9.17, 15) is 4.79 Å². The highest BCUT2D eigenvalue weighted by Crippen LogP contribution is 2.59. The number of hydrogen-bond acceptors (Lipinski definition) is 2. The van der Waals surface area contributed by atoms with Crippen LogP contribution in [0.1, 0.15) is 37.7 Å². The Balaban J connectivity index is 1.51. The topological polar surface area (TPSA) is 41.1 Å². The van der Waals surface area contributed by atoms with Gasteiger partial charge in [0.2, 0.25) is 5.91 Å². The summed E-state index contributed by atoms with van der Waals surface area (Å²) in [6.45, 7) is 2.07. The van der Waals surface area contributed by atoms with E-state index in [1.165, 1.54) is 0 Å². The number of amides is 1. The summed E-state index contributed by atoms with van der Waals surface area (Å²) in [5.74, 6) is 0.365. The van der Waals surface area contributed by atoms with Crippen LogP contribution in [0.5, 0.6) is 0 Å². The van der Waals surface area contributed by atoms with E-state index in [0.29, 0.717) is 10.0 Å². The van der Waals surface area contributed by atoms with Gasteiger partial charge in [0.1, 0.15) is 0 Å². The van der Waals surface area contributed by atoms with Crippen LogP contribution in [0.2, 0.25) is 10.0 Å². The van der Waals surface area contributed by atoms with Gasteiger partial charge in [0.05, 0.1) is 5.54 Å². The Bertz CT molecular complexity index is 601. The second kappa shape index (κ2) is 5.12. The highest BCUT2D eigenvalue weighted by molar-refractivity contribution is 6.36. The fraction of sp³-hybridized carbons (Fsp3) is 0.588. The van der Waals surface area contributed by atoms with E-state index in [1.54, 1.807) is 0 Å². The Hall–Kier alpha value is -0.770. The van der Waals surface area contributed by atoms with Gasteiger partial charge in [-0.15, -0.1) is 0 Å². The van der Waals surface area contributed by atoms with Gasteiger partial charge < -0.3 is 10.6 Å². The summed E-state index contributed by atoms with van der Waals surface area (Å²) < 4.78 is 0. The van der Waals surface area contributed by atoms with E-state index in [-0.39, 0.29) is 22.8 Å². The maximum atomic E-state index is 12.7. The average Bonchev–Trinajstić information content (AvgIpc) is 3.38. The Morgan fingerprint density at radius 1 is 1.14 bits per heavy atom. The molecule has 4 rings (SSSR count). The molecule has 3 aliphatic rings. The number of halogens is 2. The van der Waals surface area contributed by atoms with Gasteiger partial charge in [-0.3, -0.25) is 4.79 Å². The fourth-order valence-corrected chi connectivity index (χ4v) is 4.80. The molecule has 2 N–H and O–H groups in total. The normalized spacial score (nSPS) is 27.5. The first-order valence-electron chi connectivity index (χ1n) is 8.04. The lowest BCUT2D eigenvalue weighted by molar-refractivity contribution is -0.124. The molecule has 1 aliphatic heterocycles. The van der Waals surface area contributed by atoms with Crippen LogP contribution in [-0.2, 0) is 10.3 Å². The second-order valence-corrected chi connectivity index (χ2v) is 7.85. The number of piperidine rings is 1.